The molecule has 0 aliphatic heterocycles. The minimum absolute atomic E-state index is 0.150. The lowest BCUT2D eigenvalue weighted by molar-refractivity contribution is 0.0635. The zero-order valence-electron chi connectivity index (χ0n) is 14.6. The van der Waals surface area contributed by atoms with Crippen LogP contribution in [0.25, 0.3) is 0 Å². The van der Waals surface area contributed by atoms with E-state index in [-0.39, 0.29) is 11.4 Å². The highest BCUT2D eigenvalue weighted by Gasteiger charge is 2.18. The SMILES string of the molecule is Cc1cccc(C(=O)Nc2cc(F)ccc2NC(=O)OC(C)(C)C)c1. The maximum Gasteiger partial charge on any atom is 0.412 e. The molecule has 2 amide bonds. The number of carbonyl (C=O) groups is 2. The van der Waals surface area contributed by atoms with Crippen LogP contribution in [0, 0.1) is 12.7 Å². The van der Waals surface area contributed by atoms with Gasteiger partial charge in [-0.25, -0.2) is 9.18 Å². The summed E-state index contributed by atoms with van der Waals surface area (Å²) in [7, 11) is 0. The summed E-state index contributed by atoms with van der Waals surface area (Å²) < 4.78 is 18.8. The maximum atomic E-state index is 13.6. The van der Waals surface area contributed by atoms with Crippen molar-refractivity contribution in [3.8, 4) is 0 Å². The van der Waals surface area contributed by atoms with Gasteiger partial charge in [-0.15, -0.1) is 0 Å². The molecule has 132 valence electrons. The molecular formula is C19H21FN2O3. The van der Waals surface area contributed by atoms with Crippen LogP contribution in [-0.2, 0) is 4.74 Å². The van der Waals surface area contributed by atoms with Crippen molar-refractivity contribution >= 4 is 23.4 Å². The second-order valence-corrected chi connectivity index (χ2v) is 6.64. The Morgan fingerprint density at radius 2 is 1.72 bits per heavy atom. The highest BCUT2D eigenvalue weighted by Crippen LogP contribution is 2.24. The van der Waals surface area contributed by atoms with E-state index in [2.05, 4.69) is 10.6 Å². The molecule has 0 aromatic heterocycles. The predicted octanol–water partition coefficient (Wildman–Crippen LogP) is 4.73. The van der Waals surface area contributed by atoms with Crippen molar-refractivity contribution in [2.45, 2.75) is 33.3 Å². The second kappa shape index (κ2) is 7.34. The summed E-state index contributed by atoms with van der Waals surface area (Å²) in [5.74, 6) is -0.934. The summed E-state index contributed by atoms with van der Waals surface area (Å²) in [5, 5.41) is 5.13. The summed E-state index contributed by atoms with van der Waals surface area (Å²) in [4.78, 5) is 24.3. The number of carbonyl (C=O) groups excluding carboxylic acids is 2. The molecule has 25 heavy (non-hydrogen) atoms. The molecule has 0 saturated heterocycles. The third-order valence-electron chi connectivity index (χ3n) is 3.15. The number of benzene rings is 2. The average Bonchev–Trinajstić information content (AvgIpc) is 2.48. The van der Waals surface area contributed by atoms with E-state index in [1.54, 1.807) is 39.0 Å². The molecule has 0 heterocycles. The summed E-state index contributed by atoms with van der Waals surface area (Å²) in [6.07, 6.45) is -0.690. The zero-order valence-corrected chi connectivity index (χ0v) is 14.6. The normalized spacial score (nSPS) is 10.9. The molecule has 2 aromatic rings. The van der Waals surface area contributed by atoms with E-state index in [1.165, 1.54) is 12.1 Å². The molecule has 2 N–H and O–H groups in total. The number of aryl methyl sites for hydroxylation is 1. The van der Waals surface area contributed by atoms with E-state index in [4.69, 9.17) is 4.74 Å². The molecule has 0 atom stereocenters. The van der Waals surface area contributed by atoms with Gasteiger partial charge in [0.1, 0.15) is 11.4 Å². The highest BCUT2D eigenvalue weighted by molar-refractivity contribution is 6.07. The molecule has 0 radical (unpaired) electrons. The van der Waals surface area contributed by atoms with Gasteiger partial charge < -0.3 is 10.1 Å². The lowest BCUT2D eigenvalue weighted by Crippen LogP contribution is -2.27. The lowest BCUT2D eigenvalue weighted by atomic mass is 10.1. The van der Waals surface area contributed by atoms with E-state index in [0.717, 1.165) is 11.6 Å². The molecule has 0 fully saturated rings. The molecule has 2 aromatic carbocycles. The summed E-state index contributed by atoms with van der Waals surface area (Å²) in [5.41, 5.74) is 1.09. The Balaban J connectivity index is 2.21. The van der Waals surface area contributed by atoms with Crippen LogP contribution in [-0.4, -0.2) is 17.6 Å². The van der Waals surface area contributed by atoms with Crippen molar-refractivity contribution in [3.05, 3.63) is 59.4 Å². The molecular weight excluding hydrogens is 323 g/mol. The Bertz CT molecular complexity index is 797. The number of amides is 2. The van der Waals surface area contributed by atoms with Crippen LogP contribution in [0.2, 0.25) is 0 Å². The van der Waals surface area contributed by atoms with Crippen LogP contribution in [0.15, 0.2) is 42.5 Å². The monoisotopic (exact) mass is 344 g/mol. The van der Waals surface area contributed by atoms with Gasteiger partial charge in [-0.1, -0.05) is 17.7 Å². The van der Waals surface area contributed by atoms with Crippen LogP contribution in [0.4, 0.5) is 20.6 Å². The fraction of sp³-hybridized carbons (Fsp3) is 0.263. The number of nitrogens with one attached hydrogen (secondary N) is 2. The Hall–Kier alpha value is -2.89. The van der Waals surface area contributed by atoms with E-state index >= 15 is 0 Å². The third kappa shape index (κ3) is 5.60. The Labute approximate surface area is 146 Å². The minimum Gasteiger partial charge on any atom is -0.444 e. The van der Waals surface area contributed by atoms with Crippen molar-refractivity contribution in [3.63, 3.8) is 0 Å². The number of rotatable bonds is 3. The van der Waals surface area contributed by atoms with Crippen molar-refractivity contribution in [2.75, 3.05) is 10.6 Å². The van der Waals surface area contributed by atoms with E-state index in [1.807, 2.05) is 13.0 Å². The lowest BCUT2D eigenvalue weighted by Gasteiger charge is -2.20. The summed E-state index contributed by atoms with van der Waals surface area (Å²) in [6.45, 7) is 7.07. The maximum absolute atomic E-state index is 13.6. The third-order valence-corrected chi connectivity index (χ3v) is 3.15. The fourth-order valence-corrected chi connectivity index (χ4v) is 2.12. The van der Waals surface area contributed by atoms with Gasteiger partial charge in [0.25, 0.3) is 5.91 Å². The number of hydrogen-bond donors (Lipinski definition) is 2. The first-order valence-electron chi connectivity index (χ1n) is 7.81. The topological polar surface area (TPSA) is 67.4 Å². The standard InChI is InChI=1S/C19H21FN2O3/c1-12-6-5-7-13(10-12)17(23)21-16-11-14(20)8-9-15(16)22-18(24)25-19(2,3)4/h5-11H,1-4H3,(H,21,23)(H,22,24). The van der Waals surface area contributed by atoms with Gasteiger partial charge in [0.2, 0.25) is 0 Å². The van der Waals surface area contributed by atoms with Gasteiger partial charge in [-0.05, 0) is 58.0 Å². The van der Waals surface area contributed by atoms with E-state index in [0.29, 0.717) is 5.56 Å². The summed E-state index contributed by atoms with van der Waals surface area (Å²) in [6, 6.07) is 10.7. The van der Waals surface area contributed by atoms with Gasteiger partial charge in [-0.2, -0.15) is 0 Å². The van der Waals surface area contributed by atoms with Crippen LogP contribution in [0.3, 0.4) is 0 Å². The highest BCUT2D eigenvalue weighted by atomic mass is 19.1. The second-order valence-electron chi connectivity index (χ2n) is 6.64. The smallest absolute Gasteiger partial charge is 0.412 e. The van der Waals surface area contributed by atoms with Gasteiger partial charge in [-0.3, -0.25) is 10.1 Å². The molecule has 2 rings (SSSR count). The Kier molecular flexibility index (Phi) is 5.41. The number of ether oxygens (including phenoxy) is 1. The molecule has 0 unspecified atom stereocenters. The van der Waals surface area contributed by atoms with Crippen LogP contribution < -0.4 is 10.6 Å². The fourth-order valence-electron chi connectivity index (χ4n) is 2.12. The first kappa shape index (κ1) is 18.4. The quantitative estimate of drug-likeness (QED) is 0.845. The minimum atomic E-state index is -0.690. The first-order chi connectivity index (χ1) is 11.6. The largest absolute Gasteiger partial charge is 0.444 e. The zero-order chi connectivity index (χ0) is 18.6. The van der Waals surface area contributed by atoms with Gasteiger partial charge >= 0.3 is 6.09 Å². The Morgan fingerprint density at radius 1 is 1.00 bits per heavy atom. The molecule has 0 spiro atoms. The van der Waals surface area contributed by atoms with Crippen LogP contribution in [0.5, 0.6) is 0 Å². The van der Waals surface area contributed by atoms with Gasteiger partial charge in [0.05, 0.1) is 11.4 Å². The number of halogens is 1. The average molecular weight is 344 g/mol. The van der Waals surface area contributed by atoms with E-state index in [9.17, 15) is 14.0 Å². The number of hydrogen-bond acceptors (Lipinski definition) is 3. The number of anilines is 2. The van der Waals surface area contributed by atoms with E-state index < -0.39 is 23.4 Å². The van der Waals surface area contributed by atoms with Crippen molar-refractivity contribution in [1.29, 1.82) is 0 Å². The first-order valence-corrected chi connectivity index (χ1v) is 7.81. The molecule has 6 heteroatoms. The molecule has 0 saturated carbocycles. The van der Waals surface area contributed by atoms with Crippen molar-refractivity contribution < 1.29 is 18.7 Å². The molecule has 0 aliphatic rings. The van der Waals surface area contributed by atoms with Crippen LogP contribution >= 0.6 is 0 Å². The predicted molar refractivity (Wildman–Crippen MR) is 95.4 cm³/mol. The molecule has 0 aliphatic carbocycles. The van der Waals surface area contributed by atoms with Crippen LogP contribution in [0.1, 0.15) is 36.7 Å². The molecule has 0 bridgehead atoms. The van der Waals surface area contributed by atoms with Crippen molar-refractivity contribution in [1.82, 2.24) is 0 Å². The Morgan fingerprint density at radius 3 is 2.36 bits per heavy atom. The van der Waals surface area contributed by atoms with Gasteiger partial charge in [0, 0.05) is 5.56 Å². The van der Waals surface area contributed by atoms with Crippen molar-refractivity contribution in [2.24, 2.45) is 0 Å². The van der Waals surface area contributed by atoms with Gasteiger partial charge in [0.15, 0.2) is 0 Å². The molecule has 5 nitrogen and oxygen atoms in total. The summed E-state index contributed by atoms with van der Waals surface area (Å²) >= 11 is 0.